The average Bonchev–Trinajstić information content (AvgIpc) is 2.46. The van der Waals surface area contributed by atoms with Crippen LogP contribution >= 0.6 is 0 Å². The molecule has 0 saturated carbocycles. The van der Waals surface area contributed by atoms with Crippen LogP contribution in [0.2, 0.25) is 0 Å². The third kappa shape index (κ3) is 2.69. The standard InChI is InChI=1S/C14H17N3O/c1-14(2)9-13(18)17(7-6-16-14)12-5-3-4-11(8-12)10-15/h3-5,8,16H,6-7,9H2,1-2H3. The fourth-order valence-electron chi connectivity index (χ4n) is 2.18. The van der Waals surface area contributed by atoms with E-state index >= 15 is 0 Å². The molecule has 0 radical (unpaired) electrons. The van der Waals surface area contributed by atoms with E-state index in [4.69, 9.17) is 5.26 Å². The number of rotatable bonds is 1. The lowest BCUT2D eigenvalue weighted by Gasteiger charge is -2.23. The first-order valence-corrected chi connectivity index (χ1v) is 6.07. The zero-order valence-corrected chi connectivity index (χ0v) is 10.7. The van der Waals surface area contributed by atoms with Crippen LogP contribution in [0.25, 0.3) is 0 Å². The molecule has 0 unspecified atom stereocenters. The average molecular weight is 243 g/mol. The molecule has 0 bridgehead atoms. The fourth-order valence-corrected chi connectivity index (χ4v) is 2.18. The Morgan fingerprint density at radius 3 is 2.94 bits per heavy atom. The Bertz CT molecular complexity index is 502. The van der Waals surface area contributed by atoms with Crippen LogP contribution < -0.4 is 10.2 Å². The number of hydrogen-bond acceptors (Lipinski definition) is 3. The van der Waals surface area contributed by atoms with Gasteiger partial charge < -0.3 is 10.2 Å². The highest BCUT2D eigenvalue weighted by Crippen LogP contribution is 2.21. The summed E-state index contributed by atoms with van der Waals surface area (Å²) >= 11 is 0. The van der Waals surface area contributed by atoms with Crippen molar-refractivity contribution in [2.24, 2.45) is 0 Å². The number of anilines is 1. The van der Waals surface area contributed by atoms with Gasteiger partial charge in [0.05, 0.1) is 11.6 Å². The molecule has 0 aromatic heterocycles. The number of carbonyl (C=O) groups excluding carboxylic acids is 1. The van der Waals surface area contributed by atoms with E-state index in [0.717, 1.165) is 12.2 Å². The highest BCUT2D eigenvalue weighted by molar-refractivity contribution is 5.94. The van der Waals surface area contributed by atoms with Gasteiger partial charge in [-0.15, -0.1) is 0 Å². The molecule has 0 atom stereocenters. The van der Waals surface area contributed by atoms with Crippen LogP contribution in [-0.4, -0.2) is 24.5 Å². The highest BCUT2D eigenvalue weighted by atomic mass is 16.2. The second-order valence-electron chi connectivity index (χ2n) is 5.19. The molecule has 94 valence electrons. The lowest BCUT2D eigenvalue weighted by Crippen LogP contribution is -2.39. The van der Waals surface area contributed by atoms with Crippen molar-refractivity contribution in [3.05, 3.63) is 29.8 Å². The summed E-state index contributed by atoms with van der Waals surface area (Å²) in [5, 5.41) is 12.3. The van der Waals surface area contributed by atoms with Gasteiger partial charge in [0.25, 0.3) is 0 Å². The van der Waals surface area contributed by atoms with Gasteiger partial charge in [-0.1, -0.05) is 6.07 Å². The van der Waals surface area contributed by atoms with E-state index in [1.807, 2.05) is 26.0 Å². The van der Waals surface area contributed by atoms with E-state index in [1.54, 1.807) is 17.0 Å². The summed E-state index contributed by atoms with van der Waals surface area (Å²) in [5.74, 6) is 0.0973. The zero-order valence-electron chi connectivity index (χ0n) is 10.7. The predicted octanol–water partition coefficient (Wildman–Crippen LogP) is 1.66. The molecule has 18 heavy (non-hydrogen) atoms. The molecule has 1 aliphatic heterocycles. The highest BCUT2D eigenvalue weighted by Gasteiger charge is 2.28. The molecule has 1 heterocycles. The zero-order chi connectivity index (χ0) is 13.2. The molecule has 1 fully saturated rings. The Balaban J connectivity index is 2.27. The molecular weight excluding hydrogens is 226 g/mol. The number of hydrogen-bond donors (Lipinski definition) is 1. The van der Waals surface area contributed by atoms with E-state index in [0.29, 0.717) is 18.5 Å². The normalized spacial score (nSPS) is 19.2. The van der Waals surface area contributed by atoms with Crippen LogP contribution in [0.1, 0.15) is 25.8 Å². The maximum absolute atomic E-state index is 12.2. The SMILES string of the molecule is CC1(C)CC(=O)N(c2cccc(C#N)c2)CCN1. The van der Waals surface area contributed by atoms with E-state index in [-0.39, 0.29) is 11.4 Å². The lowest BCUT2D eigenvalue weighted by atomic mass is 10.0. The van der Waals surface area contributed by atoms with Crippen molar-refractivity contribution >= 4 is 11.6 Å². The maximum atomic E-state index is 12.2. The number of nitrogens with one attached hydrogen (secondary N) is 1. The van der Waals surface area contributed by atoms with Gasteiger partial charge in [0.2, 0.25) is 5.91 Å². The number of nitrogens with zero attached hydrogens (tertiary/aromatic N) is 2. The molecule has 1 aromatic rings. The largest absolute Gasteiger partial charge is 0.311 e. The topological polar surface area (TPSA) is 56.1 Å². The third-order valence-electron chi connectivity index (χ3n) is 3.12. The molecule has 2 rings (SSSR count). The smallest absolute Gasteiger partial charge is 0.228 e. The number of benzene rings is 1. The van der Waals surface area contributed by atoms with Crippen molar-refractivity contribution in [1.82, 2.24) is 5.32 Å². The summed E-state index contributed by atoms with van der Waals surface area (Å²) in [7, 11) is 0. The van der Waals surface area contributed by atoms with Gasteiger partial charge in [-0.05, 0) is 32.0 Å². The Kier molecular flexibility index (Phi) is 3.35. The van der Waals surface area contributed by atoms with Crippen LogP contribution in [0.15, 0.2) is 24.3 Å². The van der Waals surface area contributed by atoms with Crippen molar-refractivity contribution in [1.29, 1.82) is 5.26 Å². The van der Waals surface area contributed by atoms with Crippen LogP contribution in [0.3, 0.4) is 0 Å². The van der Waals surface area contributed by atoms with Gasteiger partial charge in [0.1, 0.15) is 0 Å². The Hall–Kier alpha value is -1.86. The molecule has 0 aliphatic carbocycles. The molecule has 1 amide bonds. The summed E-state index contributed by atoms with van der Waals surface area (Å²) in [6.45, 7) is 5.45. The Morgan fingerprint density at radius 1 is 1.44 bits per heavy atom. The summed E-state index contributed by atoms with van der Waals surface area (Å²) in [6, 6.07) is 9.29. The van der Waals surface area contributed by atoms with Crippen molar-refractivity contribution in [2.75, 3.05) is 18.0 Å². The van der Waals surface area contributed by atoms with E-state index in [1.165, 1.54) is 0 Å². The second kappa shape index (κ2) is 4.79. The first-order valence-electron chi connectivity index (χ1n) is 6.07. The molecular formula is C14H17N3O. The van der Waals surface area contributed by atoms with Crippen molar-refractivity contribution in [3.63, 3.8) is 0 Å². The maximum Gasteiger partial charge on any atom is 0.228 e. The monoisotopic (exact) mass is 243 g/mol. The first kappa shape index (κ1) is 12.6. The molecule has 1 saturated heterocycles. The van der Waals surface area contributed by atoms with Gasteiger partial charge in [0.15, 0.2) is 0 Å². The summed E-state index contributed by atoms with van der Waals surface area (Å²) in [6.07, 6.45) is 0.462. The molecule has 1 N–H and O–H groups in total. The van der Waals surface area contributed by atoms with Gasteiger partial charge in [-0.2, -0.15) is 5.26 Å². The quantitative estimate of drug-likeness (QED) is 0.816. The minimum absolute atomic E-state index is 0.0973. The molecule has 1 aliphatic rings. The van der Waals surface area contributed by atoms with Crippen LogP contribution in [0, 0.1) is 11.3 Å². The number of amides is 1. The number of carbonyl (C=O) groups is 1. The Labute approximate surface area is 107 Å². The number of nitriles is 1. The predicted molar refractivity (Wildman–Crippen MR) is 70.2 cm³/mol. The van der Waals surface area contributed by atoms with Crippen molar-refractivity contribution in [2.45, 2.75) is 25.8 Å². The summed E-state index contributed by atoms with van der Waals surface area (Å²) < 4.78 is 0. The molecule has 4 heteroatoms. The lowest BCUT2D eigenvalue weighted by molar-refractivity contribution is -0.119. The van der Waals surface area contributed by atoms with Gasteiger partial charge >= 0.3 is 0 Å². The second-order valence-corrected chi connectivity index (χ2v) is 5.19. The summed E-state index contributed by atoms with van der Waals surface area (Å²) in [4.78, 5) is 14.0. The molecule has 0 spiro atoms. The van der Waals surface area contributed by atoms with Crippen molar-refractivity contribution < 1.29 is 4.79 Å². The van der Waals surface area contributed by atoms with Gasteiger partial charge in [0, 0.05) is 30.7 Å². The molecule has 1 aromatic carbocycles. The van der Waals surface area contributed by atoms with E-state index in [2.05, 4.69) is 11.4 Å². The minimum Gasteiger partial charge on any atom is -0.311 e. The van der Waals surface area contributed by atoms with Crippen LogP contribution in [0.4, 0.5) is 5.69 Å². The van der Waals surface area contributed by atoms with Crippen LogP contribution in [-0.2, 0) is 4.79 Å². The van der Waals surface area contributed by atoms with Gasteiger partial charge in [-0.3, -0.25) is 4.79 Å². The third-order valence-corrected chi connectivity index (χ3v) is 3.12. The fraction of sp³-hybridized carbons (Fsp3) is 0.429. The van der Waals surface area contributed by atoms with Crippen molar-refractivity contribution in [3.8, 4) is 6.07 Å². The molecule has 4 nitrogen and oxygen atoms in total. The summed E-state index contributed by atoms with van der Waals surface area (Å²) in [5.41, 5.74) is 1.22. The Morgan fingerprint density at radius 2 is 2.22 bits per heavy atom. The van der Waals surface area contributed by atoms with Crippen LogP contribution in [0.5, 0.6) is 0 Å². The first-order chi connectivity index (χ1) is 8.52. The van der Waals surface area contributed by atoms with E-state index in [9.17, 15) is 4.79 Å². The minimum atomic E-state index is -0.168. The van der Waals surface area contributed by atoms with E-state index < -0.39 is 0 Å². The van der Waals surface area contributed by atoms with Gasteiger partial charge in [-0.25, -0.2) is 0 Å².